The van der Waals surface area contributed by atoms with Crippen molar-refractivity contribution >= 4 is 28.8 Å². The predicted octanol–water partition coefficient (Wildman–Crippen LogP) is 3.72. The number of amides is 2. The number of carbonyl (C=O) groups excluding carboxylic acids is 2. The molecule has 1 N–H and O–H groups in total. The fourth-order valence-corrected chi connectivity index (χ4v) is 2.92. The minimum Gasteiger partial charge on any atom is -0.361 e. The van der Waals surface area contributed by atoms with Crippen molar-refractivity contribution in [3.8, 4) is 0 Å². The maximum absolute atomic E-state index is 12.3. The van der Waals surface area contributed by atoms with Crippen LogP contribution in [-0.2, 0) is 0 Å². The summed E-state index contributed by atoms with van der Waals surface area (Å²) in [5, 5.41) is 1.12. The van der Waals surface area contributed by atoms with Crippen molar-refractivity contribution in [2.75, 3.05) is 6.54 Å². The molecule has 0 aliphatic carbocycles. The van der Waals surface area contributed by atoms with Crippen LogP contribution in [0, 0.1) is 0 Å². The van der Waals surface area contributed by atoms with Crippen LogP contribution in [-0.4, -0.2) is 28.2 Å². The Morgan fingerprint density at radius 2 is 1.61 bits per heavy atom. The fourth-order valence-electron chi connectivity index (χ4n) is 2.92. The second kappa shape index (κ2) is 5.25. The molecule has 2 amide bonds. The molecule has 2 heterocycles. The van der Waals surface area contributed by atoms with Crippen LogP contribution in [0.1, 0.15) is 27.7 Å². The van der Waals surface area contributed by atoms with E-state index in [0.29, 0.717) is 11.1 Å². The highest BCUT2D eigenvalue weighted by molar-refractivity contribution is 6.21. The Balaban J connectivity index is 0.00000169. The highest BCUT2D eigenvalue weighted by Gasteiger charge is 2.34. The highest BCUT2D eigenvalue weighted by atomic mass is 16.2. The number of aromatic nitrogens is 1. The summed E-state index contributed by atoms with van der Waals surface area (Å²) in [5.41, 5.74) is 3.07. The summed E-state index contributed by atoms with van der Waals surface area (Å²) in [6.07, 6.45) is 5.70. The fraction of sp³-hybridized carbons (Fsp3) is 0.0526. The first-order chi connectivity index (χ1) is 11.3. The maximum atomic E-state index is 12.3. The molecule has 1 aliphatic rings. The van der Waals surface area contributed by atoms with Gasteiger partial charge in [0.1, 0.15) is 0 Å². The van der Waals surface area contributed by atoms with Crippen LogP contribution in [0.4, 0.5) is 0 Å². The summed E-state index contributed by atoms with van der Waals surface area (Å²) >= 11 is 0. The van der Waals surface area contributed by atoms with Crippen LogP contribution in [0.5, 0.6) is 0 Å². The Kier molecular flexibility index (Phi) is 3.08. The van der Waals surface area contributed by atoms with Crippen molar-refractivity contribution in [2.24, 2.45) is 0 Å². The van der Waals surface area contributed by atoms with Gasteiger partial charge in [-0.05, 0) is 23.8 Å². The van der Waals surface area contributed by atoms with Gasteiger partial charge in [0, 0.05) is 25.1 Å². The normalized spacial score (nSPS) is 14.2. The molecule has 23 heavy (non-hydrogen) atoms. The Hall–Kier alpha value is -3.14. The van der Waals surface area contributed by atoms with E-state index in [9.17, 15) is 9.59 Å². The number of hydrogen-bond acceptors (Lipinski definition) is 2. The first-order valence-corrected chi connectivity index (χ1v) is 7.43. The molecule has 0 unspecified atom stereocenters. The third-order valence-corrected chi connectivity index (χ3v) is 4.08. The van der Waals surface area contributed by atoms with Gasteiger partial charge in [-0.1, -0.05) is 42.5 Å². The molecule has 2 aromatic carbocycles. The van der Waals surface area contributed by atoms with E-state index in [2.05, 4.69) is 4.98 Å². The van der Waals surface area contributed by atoms with Gasteiger partial charge in [0.25, 0.3) is 11.8 Å². The number of imide groups is 1. The molecule has 0 atom stereocenters. The Bertz CT molecular complexity index is 924. The molecule has 1 aliphatic heterocycles. The average molecular weight is 304 g/mol. The van der Waals surface area contributed by atoms with Crippen LogP contribution < -0.4 is 0 Å². The van der Waals surface area contributed by atoms with Gasteiger partial charge in [-0.2, -0.15) is 0 Å². The lowest BCUT2D eigenvalue weighted by Gasteiger charge is -2.10. The minimum atomic E-state index is -0.228. The SMILES string of the molecule is O=C1c2ccccc2C(=O)N1C/C=C/c1c[nH]c2ccccc12.[HH]. The summed E-state index contributed by atoms with van der Waals surface area (Å²) < 4.78 is 0. The van der Waals surface area contributed by atoms with Gasteiger partial charge in [-0.15, -0.1) is 0 Å². The molecule has 4 rings (SSSR count). The molecular weight excluding hydrogens is 288 g/mol. The number of fused-ring (bicyclic) bond motifs is 2. The molecule has 0 saturated carbocycles. The molecule has 3 aromatic rings. The lowest BCUT2D eigenvalue weighted by Crippen LogP contribution is -2.29. The molecule has 0 saturated heterocycles. The maximum Gasteiger partial charge on any atom is 0.261 e. The monoisotopic (exact) mass is 304 g/mol. The Morgan fingerprint density at radius 3 is 2.35 bits per heavy atom. The lowest BCUT2D eigenvalue weighted by atomic mass is 10.1. The summed E-state index contributed by atoms with van der Waals surface area (Å²) in [6.45, 7) is 0.270. The Labute approximate surface area is 134 Å². The number of rotatable bonds is 3. The smallest absolute Gasteiger partial charge is 0.261 e. The van der Waals surface area contributed by atoms with E-state index >= 15 is 0 Å². The summed E-state index contributed by atoms with van der Waals surface area (Å²) in [4.78, 5) is 29.0. The van der Waals surface area contributed by atoms with Gasteiger partial charge in [0.05, 0.1) is 11.1 Å². The predicted molar refractivity (Wildman–Crippen MR) is 91.3 cm³/mol. The van der Waals surface area contributed by atoms with Crippen LogP contribution >= 0.6 is 0 Å². The largest absolute Gasteiger partial charge is 0.361 e. The van der Waals surface area contributed by atoms with Crippen LogP contribution in [0.2, 0.25) is 0 Å². The van der Waals surface area contributed by atoms with Crippen LogP contribution in [0.15, 0.2) is 60.8 Å². The third-order valence-electron chi connectivity index (χ3n) is 4.08. The zero-order valence-corrected chi connectivity index (χ0v) is 12.3. The summed E-state index contributed by atoms with van der Waals surface area (Å²) in [7, 11) is 0. The number of para-hydroxylation sites is 1. The van der Waals surface area contributed by atoms with Gasteiger partial charge in [0.2, 0.25) is 0 Å². The first kappa shape index (κ1) is 13.5. The van der Waals surface area contributed by atoms with Crippen molar-refractivity contribution in [1.29, 1.82) is 0 Å². The quantitative estimate of drug-likeness (QED) is 0.750. The standard InChI is InChI=1S/C19H14N2O2.H2/c22-18-15-8-1-2-9-16(15)19(23)21(18)11-5-6-13-12-20-17-10-4-3-7-14(13)17;/h1-10,12,20H,11H2;1H/b6-5+;. The number of H-pyrrole nitrogens is 1. The van der Waals surface area contributed by atoms with Crippen molar-refractivity contribution < 1.29 is 11.0 Å². The van der Waals surface area contributed by atoms with Gasteiger partial charge >= 0.3 is 0 Å². The molecular formula is C19H16N2O2. The lowest BCUT2D eigenvalue weighted by molar-refractivity contribution is 0.0672. The average Bonchev–Trinajstić information content (AvgIpc) is 3.10. The number of nitrogens with zero attached hydrogens (tertiary/aromatic N) is 1. The number of carbonyl (C=O) groups is 2. The van der Waals surface area contributed by atoms with E-state index < -0.39 is 0 Å². The number of nitrogens with one attached hydrogen (secondary N) is 1. The molecule has 114 valence electrons. The third kappa shape index (κ3) is 2.16. The number of aromatic amines is 1. The van der Waals surface area contributed by atoms with E-state index in [4.69, 9.17) is 0 Å². The Morgan fingerprint density at radius 1 is 0.957 bits per heavy atom. The van der Waals surface area contributed by atoms with E-state index in [1.165, 1.54) is 4.90 Å². The molecule has 1 aromatic heterocycles. The first-order valence-electron chi connectivity index (χ1n) is 7.43. The molecule has 4 heteroatoms. The minimum absolute atomic E-state index is 0. The number of hydrogen-bond donors (Lipinski definition) is 1. The zero-order chi connectivity index (χ0) is 15.8. The summed E-state index contributed by atoms with van der Waals surface area (Å²) in [6, 6.07) is 14.9. The van der Waals surface area contributed by atoms with E-state index in [1.54, 1.807) is 24.3 Å². The van der Waals surface area contributed by atoms with Crippen molar-refractivity contribution in [3.63, 3.8) is 0 Å². The van der Waals surface area contributed by atoms with Crippen molar-refractivity contribution in [1.82, 2.24) is 9.88 Å². The van der Waals surface area contributed by atoms with E-state index in [-0.39, 0.29) is 19.8 Å². The second-order valence-electron chi connectivity index (χ2n) is 5.46. The molecule has 0 fully saturated rings. The van der Waals surface area contributed by atoms with Crippen molar-refractivity contribution in [2.45, 2.75) is 0 Å². The van der Waals surface area contributed by atoms with Gasteiger partial charge in [0.15, 0.2) is 0 Å². The molecule has 0 radical (unpaired) electrons. The molecule has 4 nitrogen and oxygen atoms in total. The van der Waals surface area contributed by atoms with Crippen LogP contribution in [0.25, 0.3) is 17.0 Å². The van der Waals surface area contributed by atoms with Gasteiger partial charge in [-0.3, -0.25) is 14.5 Å². The second-order valence-corrected chi connectivity index (χ2v) is 5.46. The number of benzene rings is 2. The van der Waals surface area contributed by atoms with Crippen LogP contribution in [0.3, 0.4) is 0 Å². The van der Waals surface area contributed by atoms with E-state index in [1.807, 2.05) is 42.6 Å². The molecule has 0 spiro atoms. The molecule has 0 bridgehead atoms. The van der Waals surface area contributed by atoms with Gasteiger partial charge in [-0.25, -0.2) is 0 Å². The van der Waals surface area contributed by atoms with E-state index in [0.717, 1.165) is 16.5 Å². The van der Waals surface area contributed by atoms with Gasteiger partial charge < -0.3 is 4.98 Å². The zero-order valence-electron chi connectivity index (χ0n) is 12.3. The van der Waals surface area contributed by atoms with Crippen molar-refractivity contribution in [3.05, 3.63) is 77.5 Å². The summed E-state index contributed by atoms with van der Waals surface area (Å²) in [5.74, 6) is -0.455. The topological polar surface area (TPSA) is 53.2 Å². The highest BCUT2D eigenvalue weighted by Crippen LogP contribution is 2.23.